The zero-order valence-electron chi connectivity index (χ0n) is 17.7. The molecule has 30 heavy (non-hydrogen) atoms. The number of H-pyrrole nitrogens is 1. The quantitative estimate of drug-likeness (QED) is 0.279. The van der Waals surface area contributed by atoms with Crippen molar-refractivity contribution in [3.63, 3.8) is 0 Å². The molecule has 11 heteroatoms. The molecule has 0 unspecified atom stereocenters. The molecule has 170 valence electrons. The predicted molar refractivity (Wildman–Crippen MR) is 110 cm³/mol. The monoisotopic (exact) mass is 446 g/mol. The first-order chi connectivity index (χ1) is 14.4. The Hall–Kier alpha value is -1.58. The van der Waals surface area contributed by atoms with Crippen molar-refractivity contribution in [3.05, 3.63) is 33.1 Å². The van der Waals surface area contributed by atoms with Gasteiger partial charge in [-0.15, -0.1) is 0 Å². The molecule has 1 aliphatic heterocycles. The fraction of sp³-hybridized carbons (Fsp3) is 0.737. The number of nitrogens with one attached hydrogen (secondary N) is 1. The van der Waals surface area contributed by atoms with E-state index in [1.807, 2.05) is 0 Å². The van der Waals surface area contributed by atoms with E-state index in [9.17, 15) is 14.4 Å². The Bertz CT molecular complexity index is 757. The Morgan fingerprint density at radius 1 is 1.20 bits per heavy atom. The molecule has 1 saturated heterocycles. The van der Waals surface area contributed by atoms with E-state index in [2.05, 4.69) is 18.8 Å². The zero-order valence-corrected chi connectivity index (χ0v) is 18.6. The number of ether oxygens (including phenoxy) is 2. The van der Waals surface area contributed by atoms with Crippen molar-refractivity contribution < 1.29 is 27.8 Å². The van der Waals surface area contributed by atoms with Crippen LogP contribution in [0.2, 0.25) is 0 Å². The van der Waals surface area contributed by atoms with Gasteiger partial charge in [0.1, 0.15) is 18.4 Å². The minimum absolute atomic E-state index is 0.0799. The average Bonchev–Trinajstić information content (AvgIpc) is 3.07. The molecule has 0 radical (unpaired) electrons. The largest absolute Gasteiger partial charge is 0.460 e. The van der Waals surface area contributed by atoms with Gasteiger partial charge in [0.2, 0.25) is 0 Å². The fourth-order valence-electron chi connectivity index (χ4n) is 2.83. The second kappa shape index (κ2) is 13.0. The Kier molecular flexibility index (Phi) is 10.7. The second-order valence-corrected chi connectivity index (χ2v) is 8.14. The number of hydrogen-bond acceptors (Lipinski definition) is 8. The van der Waals surface area contributed by atoms with Crippen molar-refractivity contribution in [1.29, 1.82) is 0 Å². The molecule has 0 amide bonds. The van der Waals surface area contributed by atoms with Gasteiger partial charge in [-0.05, 0) is 12.8 Å². The summed E-state index contributed by atoms with van der Waals surface area (Å²) < 4.78 is 29.8. The number of aromatic amines is 1. The fourth-order valence-corrected chi connectivity index (χ4v) is 3.87. The zero-order chi connectivity index (χ0) is 21.9. The van der Waals surface area contributed by atoms with Gasteiger partial charge in [0.25, 0.3) is 5.56 Å². The van der Waals surface area contributed by atoms with Crippen molar-refractivity contribution in [2.45, 2.75) is 71.3 Å². The van der Waals surface area contributed by atoms with Crippen molar-refractivity contribution >= 4 is 14.6 Å². The smallest absolute Gasteiger partial charge is 0.332 e. The van der Waals surface area contributed by atoms with E-state index in [0.717, 1.165) is 25.7 Å². The van der Waals surface area contributed by atoms with E-state index in [0.29, 0.717) is 13.2 Å². The molecule has 1 aromatic heterocycles. The number of carbonyl (C=O) groups excluding carboxylic acids is 1. The van der Waals surface area contributed by atoms with Crippen molar-refractivity contribution in [1.82, 2.24) is 9.55 Å². The summed E-state index contributed by atoms with van der Waals surface area (Å²) in [5.41, 5.74) is -1.09. The minimum Gasteiger partial charge on any atom is -0.460 e. The second-order valence-electron chi connectivity index (χ2n) is 6.92. The van der Waals surface area contributed by atoms with E-state index in [1.165, 1.54) is 23.8 Å². The number of aromatic nitrogens is 2. The van der Waals surface area contributed by atoms with E-state index < -0.39 is 44.3 Å². The lowest BCUT2D eigenvalue weighted by atomic mass is 10.2. The molecule has 0 saturated carbocycles. The Balaban J connectivity index is 2.02. The molecule has 10 nitrogen and oxygen atoms in total. The van der Waals surface area contributed by atoms with Crippen molar-refractivity contribution in [2.24, 2.45) is 0 Å². The van der Waals surface area contributed by atoms with Gasteiger partial charge in [-0.1, -0.05) is 26.7 Å². The minimum atomic E-state index is -1.56. The lowest BCUT2D eigenvalue weighted by Crippen LogP contribution is -2.32. The van der Waals surface area contributed by atoms with E-state index in [4.69, 9.17) is 23.0 Å². The van der Waals surface area contributed by atoms with Crippen LogP contribution < -0.4 is 11.2 Å². The van der Waals surface area contributed by atoms with Crippen LogP contribution >= 0.6 is 8.60 Å². The Morgan fingerprint density at radius 3 is 2.43 bits per heavy atom. The lowest BCUT2D eigenvalue weighted by molar-refractivity contribution is -0.150. The molecule has 1 fully saturated rings. The molecule has 0 aromatic carbocycles. The van der Waals surface area contributed by atoms with Crippen LogP contribution in [0.1, 0.15) is 59.1 Å². The normalized spacial score (nSPS) is 21.3. The lowest BCUT2D eigenvalue weighted by Gasteiger charge is -2.21. The highest BCUT2D eigenvalue weighted by atomic mass is 31.2. The molecule has 2 heterocycles. The van der Waals surface area contributed by atoms with Crippen LogP contribution in [0.4, 0.5) is 0 Å². The molecule has 0 spiro atoms. The number of hydrogen-bond donors (Lipinski definition) is 1. The molecule has 1 aliphatic rings. The van der Waals surface area contributed by atoms with Gasteiger partial charge in [-0.2, -0.15) is 0 Å². The standard InChI is InChI=1S/C19H31N2O8P/c1-4-6-10-25-30(26-11-7-5-2)27-13-16-15(28-14(3)22)12-18(29-16)21-9-8-17(23)20-19(21)24/h8-9,15-16,18H,4-7,10-13H2,1-3H3,(H,20,23,24)/t15-,16+,18+/m0/s1. The first-order valence-electron chi connectivity index (χ1n) is 10.3. The van der Waals surface area contributed by atoms with Crippen LogP contribution in [-0.4, -0.2) is 47.5 Å². The first-order valence-corrected chi connectivity index (χ1v) is 11.4. The maximum absolute atomic E-state index is 12.1. The van der Waals surface area contributed by atoms with Crippen LogP contribution in [0.15, 0.2) is 21.9 Å². The molecule has 0 aliphatic carbocycles. The summed E-state index contributed by atoms with van der Waals surface area (Å²) in [5, 5.41) is 0. The molecule has 1 N–H and O–H groups in total. The van der Waals surface area contributed by atoms with Crippen LogP contribution in [0.3, 0.4) is 0 Å². The van der Waals surface area contributed by atoms with Gasteiger partial charge in [-0.25, -0.2) is 4.79 Å². The highest BCUT2D eigenvalue weighted by Gasteiger charge is 2.39. The highest BCUT2D eigenvalue weighted by molar-refractivity contribution is 7.41. The summed E-state index contributed by atoms with van der Waals surface area (Å²) in [6.45, 7) is 6.59. The maximum Gasteiger partial charge on any atom is 0.332 e. The van der Waals surface area contributed by atoms with Gasteiger partial charge < -0.3 is 23.0 Å². The molecule has 1 aromatic rings. The van der Waals surface area contributed by atoms with Crippen molar-refractivity contribution in [3.8, 4) is 0 Å². The molecular weight excluding hydrogens is 415 g/mol. The predicted octanol–water partition coefficient (Wildman–Crippen LogP) is 2.63. The van der Waals surface area contributed by atoms with Crippen LogP contribution in [-0.2, 0) is 27.8 Å². The first kappa shape index (κ1) is 24.7. The topological polar surface area (TPSA) is 118 Å². The summed E-state index contributed by atoms with van der Waals surface area (Å²) >= 11 is 0. The number of esters is 1. The third-order valence-electron chi connectivity index (χ3n) is 4.39. The molecule has 0 bridgehead atoms. The van der Waals surface area contributed by atoms with Crippen molar-refractivity contribution in [2.75, 3.05) is 19.8 Å². The molecule has 2 rings (SSSR count). The number of unbranched alkanes of at least 4 members (excludes halogenated alkanes) is 2. The summed E-state index contributed by atoms with van der Waals surface area (Å²) in [6.07, 6.45) is 3.49. The molecular formula is C19H31N2O8P. The Labute approximate surface area is 176 Å². The van der Waals surface area contributed by atoms with Gasteiger partial charge in [0.15, 0.2) is 0 Å². The average molecular weight is 446 g/mol. The third-order valence-corrected chi connectivity index (χ3v) is 5.54. The number of nitrogens with zero attached hydrogens (tertiary/aromatic N) is 1. The molecule has 3 atom stereocenters. The van der Waals surface area contributed by atoms with Gasteiger partial charge in [-0.3, -0.25) is 19.1 Å². The summed E-state index contributed by atoms with van der Waals surface area (Å²) in [7, 11) is -1.56. The summed E-state index contributed by atoms with van der Waals surface area (Å²) in [4.78, 5) is 37.1. The maximum atomic E-state index is 12.1. The van der Waals surface area contributed by atoms with Crippen LogP contribution in [0.5, 0.6) is 0 Å². The number of rotatable bonds is 13. The van der Waals surface area contributed by atoms with Gasteiger partial charge in [0.05, 0.1) is 19.8 Å². The number of carbonyl (C=O) groups is 1. The van der Waals surface area contributed by atoms with Crippen LogP contribution in [0.25, 0.3) is 0 Å². The summed E-state index contributed by atoms with van der Waals surface area (Å²) in [5.74, 6) is -0.455. The van der Waals surface area contributed by atoms with Gasteiger partial charge >= 0.3 is 20.3 Å². The SMILES string of the molecule is CCCCOP(OCCCC)OC[C@H]1O[C@@H](n2ccc(=O)[nH]c2=O)C[C@@H]1OC(C)=O. The highest BCUT2D eigenvalue weighted by Crippen LogP contribution is 2.41. The third kappa shape index (κ3) is 7.92. The van der Waals surface area contributed by atoms with E-state index in [-0.39, 0.29) is 13.0 Å². The van der Waals surface area contributed by atoms with Gasteiger partial charge in [0, 0.05) is 25.6 Å². The Morgan fingerprint density at radius 2 is 1.87 bits per heavy atom. The van der Waals surface area contributed by atoms with E-state index in [1.54, 1.807) is 0 Å². The summed E-state index contributed by atoms with van der Waals surface area (Å²) in [6, 6.07) is 1.23. The van der Waals surface area contributed by atoms with Crippen LogP contribution in [0, 0.1) is 0 Å². The van der Waals surface area contributed by atoms with E-state index >= 15 is 0 Å².